The lowest BCUT2D eigenvalue weighted by atomic mass is 9.89. The quantitative estimate of drug-likeness (QED) is 0.0872. The normalized spacial score (nSPS) is 19.2. The van der Waals surface area contributed by atoms with E-state index in [2.05, 4.69) is 146 Å². The Morgan fingerprint density at radius 2 is 1.08 bits per heavy atom. The highest BCUT2D eigenvalue weighted by Crippen LogP contribution is 2.44. The highest BCUT2D eigenvalue weighted by molar-refractivity contribution is 7.23. The summed E-state index contributed by atoms with van der Waals surface area (Å²) in [7, 11) is 0. The SMILES string of the molecule is CCCCCCc1cc(C#CC#C/C2=C3/N=C(CC4N=C(/C=C5N=C(/C=C6N=C2C(CC)=C\6CC)C(CC)=C\5CC)C(CC)=C4CC)C(CC)=C3CC)sc1-c1sc(C#CC#Cc2ccccn2)cc1CCCCCC. The number of aliphatic imine (C=N–C) groups is 4. The fraction of sp³-hybridized carbons (Fsp3) is 0.435. The molecule has 0 spiro atoms. The van der Waals surface area contributed by atoms with Gasteiger partial charge in [-0.3, -0.25) is 9.98 Å². The molecule has 76 heavy (non-hydrogen) atoms. The summed E-state index contributed by atoms with van der Waals surface area (Å²) in [5.74, 6) is 26.8. The van der Waals surface area contributed by atoms with Gasteiger partial charge in [0.1, 0.15) is 5.69 Å². The van der Waals surface area contributed by atoms with Gasteiger partial charge in [0, 0.05) is 28.1 Å². The van der Waals surface area contributed by atoms with E-state index in [0.29, 0.717) is 0 Å². The molecule has 1 atom stereocenters. The third kappa shape index (κ3) is 12.4. The molecule has 0 amide bonds. The number of pyridine rings is 1. The van der Waals surface area contributed by atoms with E-state index in [9.17, 15) is 0 Å². The Morgan fingerprint density at radius 3 is 1.64 bits per heavy atom. The van der Waals surface area contributed by atoms with Crippen LogP contribution >= 0.6 is 22.7 Å². The van der Waals surface area contributed by atoms with E-state index in [1.54, 1.807) is 17.5 Å². The van der Waals surface area contributed by atoms with Gasteiger partial charge in [-0.15, -0.1) is 22.7 Å². The third-order valence-corrected chi connectivity index (χ3v) is 17.6. The first-order valence-corrected chi connectivity index (χ1v) is 30.5. The number of hydrogen-bond acceptors (Lipinski definition) is 7. The fourth-order valence-electron chi connectivity index (χ4n) is 11.6. The number of unbranched alkanes of at least 4 members (excludes halogenated alkanes) is 6. The van der Waals surface area contributed by atoms with Gasteiger partial charge in [0.25, 0.3) is 0 Å². The Bertz CT molecular complexity index is 3340. The highest BCUT2D eigenvalue weighted by atomic mass is 32.1. The molecule has 0 saturated carbocycles. The molecule has 5 aliphatic heterocycles. The van der Waals surface area contributed by atoms with Gasteiger partial charge in [-0.25, -0.2) is 15.0 Å². The van der Waals surface area contributed by atoms with Crippen molar-refractivity contribution < 1.29 is 0 Å². The van der Waals surface area contributed by atoms with Crippen molar-refractivity contribution >= 4 is 45.5 Å². The van der Waals surface area contributed by atoms with E-state index in [4.69, 9.17) is 20.0 Å². The maximum atomic E-state index is 5.67. The van der Waals surface area contributed by atoms with Crippen LogP contribution < -0.4 is 0 Å². The Hall–Kier alpha value is -6.35. The number of rotatable bonds is 19. The van der Waals surface area contributed by atoms with E-state index < -0.39 is 0 Å². The standard InChI is InChI=1S/C69H77N5S2/c1-11-21-23-25-33-46-41-49(37-28-27-35-48-36-31-32-40-70-48)75-68(46)69-47(34-26-24-22-12-2)42-50(76-69)38-29-30-39-59-66-57(19-9)55(17-7)64(73-66)44-62-53(15-5)51(13-3)60(71-62)43-61-52(14-4)54(16-6)63(72-61)45-65-56(18-8)58(20-10)67(59)74-65/h31-32,36,40-44,63H,11-26,33-34,45H2,1-10H3/b60-43-,64-44-,67-59-. The lowest BCUT2D eigenvalue weighted by molar-refractivity contribution is 0.666. The predicted molar refractivity (Wildman–Crippen MR) is 328 cm³/mol. The summed E-state index contributed by atoms with van der Waals surface area (Å²) < 4.78 is 0. The molecular formula is C69H77N5S2. The molecule has 5 nitrogen and oxygen atoms in total. The van der Waals surface area contributed by atoms with Gasteiger partial charge in [0.15, 0.2) is 0 Å². The van der Waals surface area contributed by atoms with E-state index in [-0.39, 0.29) is 6.04 Å². The summed E-state index contributed by atoms with van der Waals surface area (Å²) in [6.45, 7) is 22.7. The first kappa shape index (κ1) is 55.9. The molecule has 0 fully saturated rings. The second kappa shape index (κ2) is 27.1. The number of nitrogens with zero attached hydrogens (tertiary/aromatic N) is 5. The topological polar surface area (TPSA) is 62.3 Å². The van der Waals surface area contributed by atoms with Crippen LogP contribution in [-0.2, 0) is 12.8 Å². The average Bonchev–Trinajstić information content (AvgIpc) is 4.31. The highest BCUT2D eigenvalue weighted by Gasteiger charge is 2.35. The van der Waals surface area contributed by atoms with Gasteiger partial charge in [-0.1, -0.05) is 114 Å². The number of hydrogen-bond donors (Lipinski definition) is 0. The smallest absolute Gasteiger partial charge is 0.114 e. The van der Waals surface area contributed by atoms with E-state index in [1.165, 1.54) is 104 Å². The average molecular weight is 1040 g/mol. The Morgan fingerprint density at radius 1 is 0.513 bits per heavy atom. The zero-order valence-corrected chi connectivity index (χ0v) is 48.8. The van der Waals surface area contributed by atoms with Gasteiger partial charge in [0.05, 0.1) is 55.6 Å². The van der Waals surface area contributed by atoms with Crippen molar-refractivity contribution in [3.05, 3.63) is 143 Å². The second-order valence-corrected chi connectivity index (χ2v) is 22.1. The number of thiophene rings is 2. The van der Waals surface area contributed by atoms with Gasteiger partial charge >= 0.3 is 0 Å². The molecule has 0 saturated heterocycles. The van der Waals surface area contributed by atoms with Crippen molar-refractivity contribution in [3.63, 3.8) is 0 Å². The molecule has 3 aromatic rings. The minimum Gasteiger partial charge on any atom is -0.277 e. The molecule has 8 heterocycles. The van der Waals surface area contributed by atoms with Crippen LogP contribution in [-0.4, -0.2) is 33.9 Å². The molecule has 0 aliphatic carbocycles. The van der Waals surface area contributed by atoms with Gasteiger partial charge in [-0.2, -0.15) is 0 Å². The molecular weight excluding hydrogens is 963 g/mol. The molecule has 5 aliphatic rings. The molecule has 0 N–H and O–H groups in total. The van der Waals surface area contributed by atoms with E-state index in [0.717, 1.165) is 144 Å². The van der Waals surface area contributed by atoms with Crippen LogP contribution in [0.1, 0.15) is 205 Å². The number of aromatic nitrogens is 1. The fourth-order valence-corrected chi connectivity index (χ4v) is 13.9. The van der Waals surface area contributed by atoms with Crippen molar-refractivity contribution in [3.8, 4) is 57.1 Å². The lowest BCUT2D eigenvalue weighted by Gasteiger charge is -2.14. The molecule has 1 unspecified atom stereocenters. The number of fused-ring (bicyclic) bond motifs is 4. The van der Waals surface area contributed by atoms with Gasteiger partial charge in [0.2, 0.25) is 0 Å². The minimum atomic E-state index is 0.0330. The Balaban J connectivity index is 1.26. The number of allylic oxidation sites excluding steroid dienone is 10. The van der Waals surface area contributed by atoms with Crippen molar-refractivity contribution in [2.75, 3.05) is 0 Å². The maximum absolute atomic E-state index is 5.67. The summed E-state index contributed by atoms with van der Waals surface area (Å²) in [4.78, 5) is 31.3. The molecule has 3 aromatic heterocycles. The molecule has 0 aromatic carbocycles. The van der Waals surface area contributed by atoms with Crippen molar-refractivity contribution in [2.45, 2.75) is 197 Å². The van der Waals surface area contributed by atoms with Crippen LogP contribution in [0, 0.1) is 47.4 Å². The van der Waals surface area contributed by atoms with Crippen LogP contribution in [0.3, 0.4) is 0 Å². The van der Waals surface area contributed by atoms with Crippen LogP contribution in [0.5, 0.6) is 0 Å². The largest absolute Gasteiger partial charge is 0.277 e. The molecule has 7 heteroatoms. The van der Waals surface area contributed by atoms with Crippen LogP contribution in [0.15, 0.2) is 136 Å². The van der Waals surface area contributed by atoms with Crippen molar-refractivity contribution in [1.29, 1.82) is 0 Å². The van der Waals surface area contributed by atoms with E-state index in [1.807, 2.05) is 29.5 Å². The van der Waals surface area contributed by atoms with Crippen LogP contribution in [0.25, 0.3) is 9.75 Å². The lowest BCUT2D eigenvalue weighted by Crippen LogP contribution is -2.13. The minimum absolute atomic E-state index is 0.0330. The summed E-state index contributed by atoms with van der Waals surface area (Å²) in [6.07, 6.45) is 25.9. The molecule has 0 radical (unpaired) electrons. The Labute approximate surface area is 464 Å². The van der Waals surface area contributed by atoms with Crippen molar-refractivity contribution in [2.24, 2.45) is 20.0 Å². The zero-order chi connectivity index (χ0) is 53.6. The molecule has 390 valence electrons. The third-order valence-electron chi connectivity index (χ3n) is 15.3. The second-order valence-electron chi connectivity index (χ2n) is 20.0. The summed E-state index contributed by atoms with van der Waals surface area (Å²) in [5.41, 5.74) is 22.0. The van der Waals surface area contributed by atoms with Gasteiger partial charge < -0.3 is 0 Å². The van der Waals surface area contributed by atoms with Gasteiger partial charge in [-0.05, 0) is 217 Å². The zero-order valence-electron chi connectivity index (χ0n) is 47.2. The first-order valence-electron chi connectivity index (χ1n) is 28.9. The van der Waals surface area contributed by atoms with Crippen LogP contribution in [0.4, 0.5) is 0 Å². The summed E-state index contributed by atoms with van der Waals surface area (Å²) in [5, 5.41) is 0. The summed E-state index contributed by atoms with van der Waals surface area (Å²) >= 11 is 3.61. The predicted octanol–water partition coefficient (Wildman–Crippen LogP) is 18.0. The maximum Gasteiger partial charge on any atom is 0.114 e. The van der Waals surface area contributed by atoms with Crippen LogP contribution in [0.2, 0.25) is 0 Å². The monoisotopic (exact) mass is 1040 g/mol. The first-order chi connectivity index (χ1) is 37.3. The Kier molecular flexibility index (Phi) is 19.9. The molecule has 8 rings (SSSR count). The summed E-state index contributed by atoms with van der Waals surface area (Å²) in [6, 6.07) is 10.5. The molecule has 8 bridgehead atoms. The van der Waals surface area contributed by atoms with E-state index >= 15 is 0 Å². The van der Waals surface area contributed by atoms with Crippen molar-refractivity contribution in [1.82, 2.24) is 4.98 Å². The number of aryl methyl sites for hydroxylation is 2.